The zero-order valence-corrected chi connectivity index (χ0v) is 8.65. The van der Waals surface area contributed by atoms with Crippen LogP contribution in [0.15, 0.2) is 5.16 Å². The molecule has 0 saturated carbocycles. The topological polar surface area (TPSA) is 96.9 Å². The summed E-state index contributed by atoms with van der Waals surface area (Å²) in [6, 6.07) is -0.542. The van der Waals surface area contributed by atoms with Crippen molar-refractivity contribution in [2.24, 2.45) is 16.8 Å². The Bertz CT molecular complexity index is 216. The maximum Gasteiger partial charge on any atom is 0.407 e. The molecule has 0 aromatic rings. The van der Waals surface area contributed by atoms with Gasteiger partial charge in [0.05, 0.1) is 12.6 Å². The Morgan fingerprint density at radius 2 is 2.14 bits per heavy atom. The van der Waals surface area contributed by atoms with Crippen LogP contribution in [0.2, 0.25) is 0 Å². The Morgan fingerprint density at radius 1 is 1.57 bits per heavy atom. The van der Waals surface area contributed by atoms with E-state index < -0.39 is 12.1 Å². The third-order valence-corrected chi connectivity index (χ3v) is 1.44. The van der Waals surface area contributed by atoms with Gasteiger partial charge < -0.3 is 21.0 Å². The van der Waals surface area contributed by atoms with E-state index in [2.05, 4.69) is 10.5 Å². The molecular formula is C8H17N3O3. The predicted molar refractivity (Wildman–Crippen MR) is 52.2 cm³/mol. The van der Waals surface area contributed by atoms with Gasteiger partial charge in [0.1, 0.15) is 0 Å². The molecule has 0 aliphatic rings. The van der Waals surface area contributed by atoms with E-state index in [1.807, 2.05) is 13.8 Å². The number of nitrogens with zero attached hydrogens (tertiary/aromatic N) is 1. The van der Waals surface area contributed by atoms with E-state index in [-0.39, 0.29) is 11.8 Å². The largest absolute Gasteiger partial charge is 0.449 e. The first kappa shape index (κ1) is 12.5. The number of hydrogen-bond acceptors (Lipinski definition) is 4. The molecule has 0 heterocycles. The van der Waals surface area contributed by atoms with Crippen LogP contribution in [0, 0.1) is 5.92 Å². The fourth-order valence-electron chi connectivity index (χ4n) is 0.621. The molecule has 6 heteroatoms. The smallest absolute Gasteiger partial charge is 0.407 e. The highest BCUT2D eigenvalue weighted by molar-refractivity contribution is 5.87. The number of amidine groups is 1. The number of carbonyl (C=O) groups is 1. The average molecular weight is 203 g/mol. The van der Waals surface area contributed by atoms with E-state index in [1.54, 1.807) is 6.92 Å². The summed E-state index contributed by atoms with van der Waals surface area (Å²) >= 11 is 0. The summed E-state index contributed by atoms with van der Waals surface area (Å²) in [5.74, 6) is 0.214. The molecule has 0 aliphatic heterocycles. The fraction of sp³-hybridized carbons (Fsp3) is 0.750. The zero-order chi connectivity index (χ0) is 11.1. The van der Waals surface area contributed by atoms with Gasteiger partial charge in [0.2, 0.25) is 0 Å². The Kier molecular flexibility index (Phi) is 5.43. The fourth-order valence-corrected chi connectivity index (χ4v) is 0.621. The number of nitrogens with one attached hydrogen (secondary N) is 1. The van der Waals surface area contributed by atoms with Crippen LogP contribution in [0.4, 0.5) is 4.79 Å². The van der Waals surface area contributed by atoms with Gasteiger partial charge in [-0.15, -0.1) is 0 Å². The van der Waals surface area contributed by atoms with Gasteiger partial charge in [0, 0.05) is 0 Å². The van der Waals surface area contributed by atoms with Crippen molar-refractivity contribution in [1.82, 2.24) is 5.32 Å². The van der Waals surface area contributed by atoms with Gasteiger partial charge in [-0.2, -0.15) is 0 Å². The van der Waals surface area contributed by atoms with Gasteiger partial charge in [-0.25, -0.2) is 4.79 Å². The molecule has 0 saturated heterocycles. The molecule has 0 aliphatic carbocycles. The number of oxime groups is 1. The average Bonchev–Trinajstić information content (AvgIpc) is 2.13. The SMILES string of the molecule is CC(C)COC(=O)NC(C)/C(N)=N/O. The molecule has 4 N–H and O–H groups in total. The number of carbonyl (C=O) groups excluding carboxylic acids is 1. The van der Waals surface area contributed by atoms with Crippen LogP contribution in [0.3, 0.4) is 0 Å². The molecule has 82 valence electrons. The number of nitrogens with two attached hydrogens (primary N) is 1. The van der Waals surface area contributed by atoms with Crippen LogP contribution in [-0.4, -0.2) is 29.8 Å². The molecular weight excluding hydrogens is 186 g/mol. The Hall–Kier alpha value is -1.46. The first-order chi connectivity index (χ1) is 6.47. The molecule has 0 rings (SSSR count). The van der Waals surface area contributed by atoms with Gasteiger partial charge >= 0.3 is 6.09 Å². The highest BCUT2D eigenvalue weighted by Gasteiger charge is 2.12. The molecule has 0 bridgehead atoms. The van der Waals surface area contributed by atoms with E-state index in [4.69, 9.17) is 15.7 Å². The summed E-state index contributed by atoms with van der Waals surface area (Å²) in [5, 5.41) is 13.5. The summed E-state index contributed by atoms with van der Waals surface area (Å²) < 4.78 is 4.83. The van der Waals surface area contributed by atoms with Gasteiger partial charge in [-0.05, 0) is 12.8 Å². The number of rotatable bonds is 4. The highest BCUT2D eigenvalue weighted by Crippen LogP contribution is 1.93. The number of ether oxygens (including phenoxy) is 1. The Balaban J connectivity index is 3.83. The lowest BCUT2D eigenvalue weighted by Gasteiger charge is -2.13. The van der Waals surface area contributed by atoms with Gasteiger partial charge in [0.25, 0.3) is 0 Å². The second kappa shape index (κ2) is 6.06. The summed E-state index contributed by atoms with van der Waals surface area (Å²) in [7, 11) is 0. The lowest BCUT2D eigenvalue weighted by Crippen LogP contribution is -2.42. The lowest BCUT2D eigenvalue weighted by molar-refractivity contribution is 0.132. The van der Waals surface area contributed by atoms with Crippen molar-refractivity contribution in [2.45, 2.75) is 26.8 Å². The van der Waals surface area contributed by atoms with Crippen molar-refractivity contribution >= 4 is 11.9 Å². The third kappa shape index (κ3) is 5.23. The summed E-state index contributed by atoms with van der Waals surface area (Å²) in [4.78, 5) is 11.1. The number of hydrogen-bond donors (Lipinski definition) is 3. The second-order valence-corrected chi connectivity index (χ2v) is 3.38. The minimum absolute atomic E-state index is 0.0634. The van der Waals surface area contributed by atoms with Crippen molar-refractivity contribution in [1.29, 1.82) is 0 Å². The second-order valence-electron chi connectivity index (χ2n) is 3.38. The minimum Gasteiger partial charge on any atom is -0.449 e. The minimum atomic E-state index is -0.571. The maximum absolute atomic E-state index is 11.1. The zero-order valence-electron chi connectivity index (χ0n) is 8.65. The van der Waals surface area contributed by atoms with E-state index in [0.29, 0.717) is 6.61 Å². The van der Waals surface area contributed by atoms with Crippen LogP contribution in [0.1, 0.15) is 20.8 Å². The van der Waals surface area contributed by atoms with Crippen molar-refractivity contribution in [3.8, 4) is 0 Å². The molecule has 6 nitrogen and oxygen atoms in total. The van der Waals surface area contributed by atoms with Crippen LogP contribution in [0.25, 0.3) is 0 Å². The summed E-state index contributed by atoms with van der Waals surface area (Å²) in [6.07, 6.45) is -0.571. The van der Waals surface area contributed by atoms with Crippen molar-refractivity contribution in [3.63, 3.8) is 0 Å². The molecule has 1 unspecified atom stereocenters. The van der Waals surface area contributed by atoms with Gasteiger partial charge in [-0.3, -0.25) is 0 Å². The van der Waals surface area contributed by atoms with E-state index in [1.165, 1.54) is 0 Å². The summed E-state index contributed by atoms with van der Waals surface area (Å²) in [6.45, 7) is 5.79. The molecule has 1 atom stereocenters. The van der Waals surface area contributed by atoms with Crippen molar-refractivity contribution in [3.05, 3.63) is 0 Å². The monoisotopic (exact) mass is 203 g/mol. The predicted octanol–water partition coefficient (Wildman–Crippen LogP) is 0.503. The molecule has 0 aromatic heterocycles. The number of alkyl carbamates (subject to hydrolysis) is 1. The first-order valence-corrected chi connectivity index (χ1v) is 4.38. The van der Waals surface area contributed by atoms with E-state index >= 15 is 0 Å². The molecule has 0 spiro atoms. The lowest BCUT2D eigenvalue weighted by atomic mass is 10.2. The maximum atomic E-state index is 11.1. The molecule has 14 heavy (non-hydrogen) atoms. The van der Waals surface area contributed by atoms with Crippen LogP contribution in [-0.2, 0) is 4.74 Å². The quantitative estimate of drug-likeness (QED) is 0.268. The molecule has 0 aromatic carbocycles. The van der Waals surface area contributed by atoms with Crippen molar-refractivity contribution < 1.29 is 14.7 Å². The van der Waals surface area contributed by atoms with E-state index in [0.717, 1.165) is 0 Å². The van der Waals surface area contributed by atoms with Crippen LogP contribution < -0.4 is 11.1 Å². The Morgan fingerprint density at radius 3 is 2.57 bits per heavy atom. The molecule has 0 fully saturated rings. The van der Waals surface area contributed by atoms with Crippen LogP contribution in [0.5, 0.6) is 0 Å². The highest BCUT2D eigenvalue weighted by atomic mass is 16.5. The van der Waals surface area contributed by atoms with Crippen LogP contribution >= 0.6 is 0 Å². The molecule has 1 amide bonds. The standard InChI is InChI=1S/C8H17N3O3/c1-5(2)4-14-8(12)10-6(3)7(9)11-13/h5-6,13H,4H2,1-3H3,(H2,9,11)(H,10,12). The Labute approximate surface area is 83.1 Å². The number of amides is 1. The normalized spacial score (nSPS) is 13.9. The third-order valence-electron chi connectivity index (χ3n) is 1.44. The molecule has 0 radical (unpaired) electrons. The van der Waals surface area contributed by atoms with Gasteiger partial charge in [-0.1, -0.05) is 19.0 Å². The van der Waals surface area contributed by atoms with E-state index in [9.17, 15) is 4.79 Å². The van der Waals surface area contributed by atoms with Gasteiger partial charge in [0.15, 0.2) is 5.84 Å². The van der Waals surface area contributed by atoms with Crippen molar-refractivity contribution in [2.75, 3.05) is 6.61 Å². The summed E-state index contributed by atoms with van der Waals surface area (Å²) in [5.41, 5.74) is 5.25. The first-order valence-electron chi connectivity index (χ1n) is 4.38.